The minimum atomic E-state index is -3.28. The number of hydrogen-bond acceptors (Lipinski definition) is 6. The van der Waals surface area contributed by atoms with Gasteiger partial charge in [-0.05, 0) is 67.9 Å². The molecule has 1 aliphatic heterocycles. The predicted octanol–water partition coefficient (Wildman–Crippen LogP) is 3.46. The van der Waals surface area contributed by atoms with Gasteiger partial charge in [-0.25, -0.2) is 23.1 Å². The molecule has 0 amide bonds. The summed E-state index contributed by atoms with van der Waals surface area (Å²) in [5.41, 5.74) is 3.60. The Balaban J connectivity index is 1.19. The lowest BCUT2D eigenvalue weighted by Gasteiger charge is -2.40. The van der Waals surface area contributed by atoms with Crippen LogP contribution in [-0.4, -0.2) is 61.1 Å². The van der Waals surface area contributed by atoms with Gasteiger partial charge in [-0.3, -0.25) is 0 Å². The summed E-state index contributed by atoms with van der Waals surface area (Å²) in [6.07, 6.45) is 10.1. The summed E-state index contributed by atoms with van der Waals surface area (Å²) in [5.74, 6) is 1.55. The number of aromatic nitrogens is 3. The number of nitrogens with one attached hydrogen (secondary N) is 1. The van der Waals surface area contributed by atoms with Gasteiger partial charge in [0.2, 0.25) is 10.0 Å². The highest BCUT2D eigenvalue weighted by Crippen LogP contribution is 2.35. The number of nitrogens with zero attached hydrogens (tertiary/aromatic N) is 4. The molecule has 1 saturated carbocycles. The van der Waals surface area contributed by atoms with E-state index in [1.165, 1.54) is 17.3 Å². The molecule has 3 aromatic rings. The Bertz CT molecular complexity index is 1240. The number of imidazole rings is 1. The van der Waals surface area contributed by atoms with E-state index >= 15 is 0 Å². The Hall–Kier alpha value is -2.49. The number of sulfonamides is 1. The van der Waals surface area contributed by atoms with E-state index in [2.05, 4.69) is 42.4 Å². The Morgan fingerprint density at radius 1 is 1.09 bits per heavy atom. The van der Waals surface area contributed by atoms with Crippen molar-refractivity contribution in [1.29, 1.82) is 0 Å². The molecular formula is C26H35N5O3S. The van der Waals surface area contributed by atoms with Crippen LogP contribution in [0, 0.1) is 5.92 Å². The highest BCUT2D eigenvalue weighted by molar-refractivity contribution is 7.88. The highest BCUT2D eigenvalue weighted by atomic mass is 32.2. The van der Waals surface area contributed by atoms with Crippen LogP contribution in [0.15, 0.2) is 48.9 Å². The third-order valence-electron chi connectivity index (χ3n) is 7.51. The summed E-state index contributed by atoms with van der Waals surface area (Å²) in [7, 11) is -1.24. The Kier molecular flexibility index (Phi) is 7.09. The molecule has 1 N–H and O–H groups in total. The van der Waals surface area contributed by atoms with Crippen LogP contribution >= 0.6 is 0 Å². The third-order valence-corrected chi connectivity index (χ3v) is 8.24. The molecule has 0 bridgehead atoms. The molecular weight excluding hydrogens is 462 g/mol. The van der Waals surface area contributed by atoms with Gasteiger partial charge in [0.15, 0.2) is 0 Å². The predicted molar refractivity (Wildman–Crippen MR) is 138 cm³/mol. The number of fused-ring (bicyclic) bond motifs is 1. The van der Waals surface area contributed by atoms with Crippen molar-refractivity contribution in [1.82, 2.24) is 19.3 Å². The zero-order chi connectivity index (χ0) is 24.4. The normalized spacial score (nSPS) is 25.7. The molecule has 188 valence electrons. The summed E-state index contributed by atoms with van der Waals surface area (Å²) in [5, 5.41) is 0. The first-order chi connectivity index (χ1) is 16.9. The van der Waals surface area contributed by atoms with E-state index in [0.717, 1.165) is 56.5 Å². The van der Waals surface area contributed by atoms with Crippen LogP contribution < -0.4 is 9.62 Å². The van der Waals surface area contributed by atoms with E-state index in [1.807, 2.05) is 31.6 Å². The molecule has 2 atom stereocenters. The lowest BCUT2D eigenvalue weighted by molar-refractivity contribution is -0.00213. The SMILES string of the molecule is Cn1cnc2ccc(C3CCC(OC[C@@H]4CN(c5ccccn5)CCC4NS(C)(=O)=O)CC3)cc21. The second-order valence-corrected chi connectivity index (χ2v) is 11.9. The standard InChI is InChI=1S/C26H35N5O3S/c1-30-18-28-24-11-8-20(15-25(24)30)19-6-9-22(10-7-19)34-17-21-16-31(26-5-3-4-13-27-26)14-12-23(21)29-35(2,32)33/h3-5,8,11,13,15,18-19,21-23,29H,6-7,9-10,12,14,16-17H2,1-2H3/t19?,21-,22?,23?/m0/s1. The van der Waals surface area contributed by atoms with Gasteiger partial charge in [0.25, 0.3) is 0 Å². The van der Waals surface area contributed by atoms with Crippen LogP contribution in [0.5, 0.6) is 0 Å². The third kappa shape index (κ3) is 5.85. The van der Waals surface area contributed by atoms with Gasteiger partial charge in [0.1, 0.15) is 5.82 Å². The second-order valence-electron chi connectivity index (χ2n) is 10.1. The van der Waals surface area contributed by atoms with Crippen LogP contribution in [0.4, 0.5) is 5.82 Å². The zero-order valence-corrected chi connectivity index (χ0v) is 21.3. The molecule has 2 fully saturated rings. The zero-order valence-electron chi connectivity index (χ0n) is 20.5. The fourth-order valence-electron chi connectivity index (χ4n) is 5.60. The number of hydrogen-bond donors (Lipinski definition) is 1. The molecule has 1 saturated heterocycles. The molecule has 0 radical (unpaired) electrons. The minimum absolute atomic E-state index is 0.0745. The maximum atomic E-state index is 12.0. The topological polar surface area (TPSA) is 89.3 Å². The number of rotatable bonds is 7. The van der Waals surface area contributed by atoms with Crippen molar-refractivity contribution in [2.24, 2.45) is 13.0 Å². The fourth-order valence-corrected chi connectivity index (χ4v) is 6.46. The molecule has 2 aliphatic rings. The van der Waals surface area contributed by atoms with Gasteiger partial charge in [-0.2, -0.15) is 0 Å². The van der Waals surface area contributed by atoms with Crippen LogP contribution in [0.1, 0.15) is 43.6 Å². The Morgan fingerprint density at radius 2 is 1.91 bits per heavy atom. The van der Waals surface area contributed by atoms with Crippen LogP contribution in [-0.2, 0) is 21.8 Å². The molecule has 1 unspecified atom stereocenters. The van der Waals surface area contributed by atoms with E-state index in [0.29, 0.717) is 12.5 Å². The summed E-state index contributed by atoms with van der Waals surface area (Å²) >= 11 is 0. The summed E-state index contributed by atoms with van der Waals surface area (Å²) in [6.45, 7) is 2.05. The number of piperidine rings is 1. The molecule has 9 heteroatoms. The van der Waals surface area contributed by atoms with Gasteiger partial charge in [0.05, 0.1) is 36.3 Å². The Labute approximate surface area is 207 Å². The quantitative estimate of drug-likeness (QED) is 0.538. The highest BCUT2D eigenvalue weighted by Gasteiger charge is 2.33. The fraction of sp³-hybridized carbons (Fsp3) is 0.538. The number of pyridine rings is 1. The lowest BCUT2D eigenvalue weighted by Crippen LogP contribution is -2.52. The van der Waals surface area contributed by atoms with Crippen LogP contribution in [0.25, 0.3) is 11.0 Å². The maximum Gasteiger partial charge on any atom is 0.208 e. The summed E-state index contributed by atoms with van der Waals surface area (Å²) < 4.78 is 35.3. The van der Waals surface area contributed by atoms with Gasteiger partial charge in [-0.1, -0.05) is 12.1 Å². The maximum absolute atomic E-state index is 12.0. The van der Waals surface area contributed by atoms with Gasteiger partial charge < -0.3 is 14.2 Å². The molecule has 0 spiro atoms. The number of aryl methyl sites for hydroxylation is 1. The van der Waals surface area contributed by atoms with Gasteiger partial charge in [0, 0.05) is 38.3 Å². The lowest BCUT2D eigenvalue weighted by atomic mass is 9.82. The smallest absolute Gasteiger partial charge is 0.208 e. The molecule has 5 rings (SSSR count). The largest absolute Gasteiger partial charge is 0.378 e. The minimum Gasteiger partial charge on any atom is -0.378 e. The molecule has 1 aromatic carbocycles. The van der Waals surface area contributed by atoms with Crippen molar-refractivity contribution in [2.45, 2.75) is 50.2 Å². The molecule has 3 heterocycles. The van der Waals surface area contributed by atoms with E-state index < -0.39 is 10.0 Å². The first-order valence-corrected chi connectivity index (χ1v) is 14.4. The number of benzene rings is 1. The first kappa shape index (κ1) is 24.2. The number of ether oxygens (including phenoxy) is 1. The average Bonchev–Trinajstić information content (AvgIpc) is 3.23. The van der Waals surface area contributed by atoms with Crippen LogP contribution in [0.3, 0.4) is 0 Å². The van der Waals surface area contributed by atoms with E-state index in [-0.39, 0.29) is 18.1 Å². The Morgan fingerprint density at radius 3 is 2.66 bits per heavy atom. The number of anilines is 1. The second kappa shape index (κ2) is 10.2. The monoisotopic (exact) mass is 497 g/mol. The van der Waals surface area contributed by atoms with Crippen molar-refractivity contribution >= 4 is 26.9 Å². The molecule has 8 nitrogen and oxygen atoms in total. The van der Waals surface area contributed by atoms with Crippen LogP contribution in [0.2, 0.25) is 0 Å². The van der Waals surface area contributed by atoms with Crippen molar-refractivity contribution in [3.05, 3.63) is 54.5 Å². The van der Waals surface area contributed by atoms with Crippen molar-refractivity contribution < 1.29 is 13.2 Å². The summed E-state index contributed by atoms with van der Waals surface area (Å²) in [6, 6.07) is 12.4. The van der Waals surface area contributed by atoms with Crippen molar-refractivity contribution in [3.8, 4) is 0 Å². The van der Waals surface area contributed by atoms with Gasteiger partial charge >= 0.3 is 0 Å². The first-order valence-electron chi connectivity index (χ1n) is 12.5. The van der Waals surface area contributed by atoms with E-state index in [9.17, 15) is 8.42 Å². The van der Waals surface area contributed by atoms with Crippen molar-refractivity contribution in [2.75, 3.05) is 30.9 Å². The van der Waals surface area contributed by atoms with Gasteiger partial charge in [-0.15, -0.1) is 0 Å². The molecule has 35 heavy (non-hydrogen) atoms. The van der Waals surface area contributed by atoms with E-state index in [1.54, 1.807) is 6.20 Å². The van der Waals surface area contributed by atoms with Crippen molar-refractivity contribution in [3.63, 3.8) is 0 Å². The molecule has 2 aromatic heterocycles. The van der Waals surface area contributed by atoms with E-state index in [4.69, 9.17) is 4.74 Å². The molecule has 1 aliphatic carbocycles. The average molecular weight is 498 g/mol. The summed E-state index contributed by atoms with van der Waals surface area (Å²) in [4.78, 5) is 11.2.